The van der Waals surface area contributed by atoms with Gasteiger partial charge in [0.05, 0.1) is 6.61 Å². The molecule has 0 atom stereocenters. The highest BCUT2D eigenvalue weighted by atomic mass is 32.1. The molecule has 0 fully saturated rings. The first kappa shape index (κ1) is 14.4. The normalized spacial score (nSPS) is 10.6. The number of thiophene rings is 1. The first-order chi connectivity index (χ1) is 8.54. The molecule has 0 N–H and O–H groups in total. The summed E-state index contributed by atoms with van der Waals surface area (Å²) in [5, 5.41) is 1.97. The van der Waals surface area contributed by atoms with Crippen molar-refractivity contribution in [3.05, 3.63) is 28.0 Å². The average molecular weight is 267 g/mol. The molecular weight excluding hydrogens is 250 g/mol. The van der Waals surface area contributed by atoms with Crippen molar-refractivity contribution < 1.29 is 14.3 Å². The van der Waals surface area contributed by atoms with Crippen LogP contribution in [0.4, 0.5) is 0 Å². The van der Waals surface area contributed by atoms with E-state index in [-0.39, 0.29) is 12.5 Å². The SMILES string of the molecule is CCOC(=O)CN(C)C(=O)/C=C/c1sccc1C. The first-order valence-corrected chi connectivity index (χ1v) is 6.55. The number of likely N-dealkylation sites (N-methyl/N-ethyl adjacent to an activating group) is 1. The molecule has 1 aromatic rings. The van der Waals surface area contributed by atoms with Crippen molar-refractivity contribution in [2.75, 3.05) is 20.2 Å². The third-order valence-electron chi connectivity index (χ3n) is 2.33. The summed E-state index contributed by atoms with van der Waals surface area (Å²) >= 11 is 1.58. The van der Waals surface area contributed by atoms with E-state index in [1.807, 2.05) is 18.4 Å². The molecule has 5 heteroatoms. The van der Waals surface area contributed by atoms with Gasteiger partial charge in [0.2, 0.25) is 5.91 Å². The van der Waals surface area contributed by atoms with Crippen LogP contribution in [-0.4, -0.2) is 37.0 Å². The third kappa shape index (κ3) is 4.33. The van der Waals surface area contributed by atoms with Crippen molar-refractivity contribution in [3.8, 4) is 0 Å². The van der Waals surface area contributed by atoms with Crippen LogP contribution in [0.25, 0.3) is 6.08 Å². The van der Waals surface area contributed by atoms with Gasteiger partial charge in [0, 0.05) is 18.0 Å². The monoisotopic (exact) mass is 267 g/mol. The lowest BCUT2D eigenvalue weighted by Crippen LogP contribution is -2.31. The highest BCUT2D eigenvalue weighted by Crippen LogP contribution is 2.16. The van der Waals surface area contributed by atoms with E-state index in [4.69, 9.17) is 4.74 Å². The number of aryl methyl sites for hydroxylation is 1. The van der Waals surface area contributed by atoms with Gasteiger partial charge in [0.25, 0.3) is 0 Å². The van der Waals surface area contributed by atoms with E-state index in [2.05, 4.69) is 0 Å². The molecule has 0 radical (unpaired) electrons. The number of nitrogens with zero attached hydrogens (tertiary/aromatic N) is 1. The summed E-state index contributed by atoms with van der Waals surface area (Å²) in [4.78, 5) is 25.3. The lowest BCUT2D eigenvalue weighted by atomic mass is 10.3. The van der Waals surface area contributed by atoms with Crippen molar-refractivity contribution in [1.29, 1.82) is 0 Å². The molecule has 1 rings (SSSR count). The molecule has 4 nitrogen and oxygen atoms in total. The Kier molecular flexibility index (Phi) is 5.58. The maximum Gasteiger partial charge on any atom is 0.325 e. The molecular formula is C13H17NO3S. The van der Waals surface area contributed by atoms with Crippen LogP contribution in [0.2, 0.25) is 0 Å². The van der Waals surface area contributed by atoms with Gasteiger partial charge in [0.15, 0.2) is 0 Å². The number of rotatable bonds is 5. The number of ether oxygens (including phenoxy) is 1. The zero-order valence-corrected chi connectivity index (χ0v) is 11.6. The summed E-state index contributed by atoms with van der Waals surface area (Å²) in [5.41, 5.74) is 1.14. The molecule has 98 valence electrons. The topological polar surface area (TPSA) is 46.6 Å². The molecule has 0 saturated heterocycles. The minimum Gasteiger partial charge on any atom is -0.465 e. The van der Waals surface area contributed by atoms with Gasteiger partial charge in [-0.25, -0.2) is 0 Å². The van der Waals surface area contributed by atoms with Crippen molar-refractivity contribution in [1.82, 2.24) is 4.90 Å². The molecule has 18 heavy (non-hydrogen) atoms. The minimum absolute atomic E-state index is 0.0273. The molecule has 1 amide bonds. The minimum atomic E-state index is -0.394. The number of carbonyl (C=O) groups is 2. The lowest BCUT2D eigenvalue weighted by Gasteiger charge is -2.13. The van der Waals surface area contributed by atoms with Crippen molar-refractivity contribution in [2.24, 2.45) is 0 Å². The smallest absolute Gasteiger partial charge is 0.325 e. The van der Waals surface area contributed by atoms with Gasteiger partial charge >= 0.3 is 5.97 Å². The molecule has 0 unspecified atom stereocenters. The Hall–Kier alpha value is -1.62. The second-order valence-corrected chi connectivity index (χ2v) is 4.75. The number of hydrogen-bond donors (Lipinski definition) is 0. The summed E-state index contributed by atoms with van der Waals surface area (Å²) in [6.07, 6.45) is 3.24. The van der Waals surface area contributed by atoms with E-state index in [0.29, 0.717) is 6.61 Å². The summed E-state index contributed by atoms with van der Waals surface area (Å²) in [6.45, 7) is 4.02. The zero-order chi connectivity index (χ0) is 13.5. The fourth-order valence-electron chi connectivity index (χ4n) is 1.31. The Morgan fingerprint density at radius 3 is 2.78 bits per heavy atom. The third-order valence-corrected chi connectivity index (χ3v) is 3.31. The van der Waals surface area contributed by atoms with Gasteiger partial charge in [0.1, 0.15) is 6.54 Å². The highest BCUT2D eigenvalue weighted by molar-refractivity contribution is 7.11. The molecule has 0 bridgehead atoms. The summed E-state index contributed by atoms with van der Waals surface area (Å²) in [5.74, 6) is -0.607. The first-order valence-electron chi connectivity index (χ1n) is 5.67. The van der Waals surface area contributed by atoms with Gasteiger partial charge in [-0.15, -0.1) is 11.3 Å². The number of esters is 1. The van der Waals surface area contributed by atoms with E-state index in [1.54, 1.807) is 31.4 Å². The van der Waals surface area contributed by atoms with Crippen LogP contribution in [0.3, 0.4) is 0 Å². The Bertz CT molecular complexity index is 451. The van der Waals surface area contributed by atoms with Gasteiger partial charge in [-0.05, 0) is 36.9 Å². The van der Waals surface area contributed by atoms with Gasteiger partial charge in [-0.1, -0.05) is 0 Å². The quantitative estimate of drug-likeness (QED) is 0.606. The largest absolute Gasteiger partial charge is 0.465 e. The summed E-state index contributed by atoms with van der Waals surface area (Å²) in [7, 11) is 1.57. The van der Waals surface area contributed by atoms with Crippen LogP contribution in [0.15, 0.2) is 17.5 Å². The number of hydrogen-bond acceptors (Lipinski definition) is 4. The number of carbonyl (C=O) groups excluding carboxylic acids is 2. The van der Waals surface area contributed by atoms with Crippen LogP contribution in [0.5, 0.6) is 0 Å². The van der Waals surface area contributed by atoms with Crippen molar-refractivity contribution in [3.63, 3.8) is 0 Å². The molecule has 0 aliphatic heterocycles. The molecule has 0 saturated carbocycles. The molecule has 0 aliphatic carbocycles. The fraction of sp³-hybridized carbons (Fsp3) is 0.385. The summed E-state index contributed by atoms with van der Waals surface area (Å²) in [6, 6.07) is 2.00. The lowest BCUT2D eigenvalue weighted by molar-refractivity contribution is -0.146. The van der Waals surface area contributed by atoms with Crippen LogP contribution >= 0.6 is 11.3 Å². The molecule has 0 aliphatic rings. The Morgan fingerprint density at radius 2 is 2.22 bits per heavy atom. The zero-order valence-electron chi connectivity index (χ0n) is 10.8. The van der Waals surface area contributed by atoms with Crippen molar-refractivity contribution >= 4 is 29.3 Å². The second-order valence-electron chi connectivity index (χ2n) is 3.80. The van der Waals surface area contributed by atoms with Gasteiger partial charge in [-0.3, -0.25) is 9.59 Å². The van der Waals surface area contributed by atoms with E-state index in [9.17, 15) is 9.59 Å². The standard InChI is InChI=1S/C13H17NO3S/c1-4-17-13(16)9-14(3)12(15)6-5-11-10(2)7-8-18-11/h5-8H,4,9H2,1-3H3/b6-5+. The maximum absolute atomic E-state index is 11.7. The molecule has 0 spiro atoms. The highest BCUT2D eigenvalue weighted by Gasteiger charge is 2.10. The van der Waals surface area contributed by atoms with Crippen LogP contribution in [0.1, 0.15) is 17.4 Å². The van der Waals surface area contributed by atoms with E-state index >= 15 is 0 Å². The predicted octanol–water partition coefficient (Wildman–Crippen LogP) is 2.09. The van der Waals surface area contributed by atoms with Crippen LogP contribution in [-0.2, 0) is 14.3 Å². The Balaban J connectivity index is 2.52. The second kappa shape index (κ2) is 6.96. The average Bonchev–Trinajstić information content (AvgIpc) is 2.72. The van der Waals surface area contributed by atoms with Crippen molar-refractivity contribution in [2.45, 2.75) is 13.8 Å². The Labute approximate surface area is 111 Å². The fourth-order valence-corrected chi connectivity index (χ4v) is 2.13. The maximum atomic E-state index is 11.7. The summed E-state index contributed by atoms with van der Waals surface area (Å²) < 4.78 is 4.78. The Morgan fingerprint density at radius 1 is 1.50 bits per heavy atom. The van der Waals surface area contributed by atoms with E-state index in [1.165, 1.54) is 11.0 Å². The van der Waals surface area contributed by atoms with Crippen LogP contribution in [0, 0.1) is 6.92 Å². The van der Waals surface area contributed by atoms with Crippen LogP contribution < -0.4 is 0 Å². The van der Waals surface area contributed by atoms with E-state index < -0.39 is 5.97 Å². The molecule has 1 heterocycles. The molecule has 0 aromatic carbocycles. The van der Waals surface area contributed by atoms with E-state index in [0.717, 1.165) is 10.4 Å². The van der Waals surface area contributed by atoms with Gasteiger partial charge < -0.3 is 9.64 Å². The predicted molar refractivity (Wildman–Crippen MR) is 72.4 cm³/mol. The van der Waals surface area contributed by atoms with Gasteiger partial charge in [-0.2, -0.15) is 0 Å². The molecule has 1 aromatic heterocycles. The number of amides is 1.